The molecule has 0 fully saturated rings. The van der Waals surface area contributed by atoms with Gasteiger partial charge in [0.15, 0.2) is 11.6 Å². The Morgan fingerprint density at radius 2 is 1.57 bits per heavy atom. The Labute approximate surface area is 167 Å². The number of methoxy groups -OCH3 is 2. The zero-order valence-electron chi connectivity index (χ0n) is 17.2. The molecular weight excluding hydrogens is 355 g/mol. The smallest absolute Gasteiger partial charge is 0.338 e. The predicted molar refractivity (Wildman–Crippen MR) is 111 cm³/mol. The van der Waals surface area contributed by atoms with E-state index in [0.717, 1.165) is 12.8 Å². The van der Waals surface area contributed by atoms with Crippen LogP contribution in [0.3, 0.4) is 0 Å². The number of esters is 1. The van der Waals surface area contributed by atoms with E-state index in [1.165, 1.54) is 46.3 Å². The molecule has 0 amide bonds. The molecular formula is C24H31FO3. The summed E-state index contributed by atoms with van der Waals surface area (Å²) in [5.74, 6) is -0.618. The fourth-order valence-electron chi connectivity index (χ4n) is 3.48. The quantitative estimate of drug-likeness (QED) is 0.323. The summed E-state index contributed by atoms with van der Waals surface area (Å²) in [5.41, 5.74) is 2.21. The average molecular weight is 387 g/mol. The van der Waals surface area contributed by atoms with E-state index in [1.807, 2.05) is 12.1 Å². The van der Waals surface area contributed by atoms with E-state index in [1.54, 1.807) is 24.3 Å². The maximum Gasteiger partial charge on any atom is 0.338 e. The Morgan fingerprint density at radius 3 is 2.25 bits per heavy atom. The van der Waals surface area contributed by atoms with Crippen molar-refractivity contribution in [3.8, 4) is 16.9 Å². The molecule has 0 aliphatic rings. The number of carbonyl (C=O) groups is 1. The minimum atomic E-state index is -0.454. The first kappa shape index (κ1) is 21.9. The molecule has 4 heteroatoms. The summed E-state index contributed by atoms with van der Waals surface area (Å²) in [4.78, 5) is 12.1. The molecule has 3 nitrogen and oxygen atoms in total. The van der Waals surface area contributed by atoms with Gasteiger partial charge in [-0.1, -0.05) is 75.8 Å². The standard InChI is InChI=1S/C24H31FO3/c1-4-5-6-7-8-9-10-13-18-16-17-20(23(27-2)22(18)25)19-14-11-12-15-21(19)24(26)28-3/h11-12,14-17H,4-10,13H2,1-3H3. The SMILES string of the molecule is CCCCCCCCCc1ccc(-c2ccccc2C(=O)OC)c(OC)c1F. The van der Waals surface area contributed by atoms with Gasteiger partial charge in [-0.15, -0.1) is 0 Å². The van der Waals surface area contributed by atoms with E-state index >= 15 is 4.39 Å². The topological polar surface area (TPSA) is 35.5 Å². The van der Waals surface area contributed by atoms with E-state index in [9.17, 15) is 4.79 Å². The third-order valence-corrected chi connectivity index (χ3v) is 5.05. The number of halogens is 1. The molecule has 0 heterocycles. The van der Waals surface area contributed by atoms with Crippen LogP contribution in [0.1, 0.15) is 67.8 Å². The van der Waals surface area contributed by atoms with Crippen LogP contribution in [0.15, 0.2) is 36.4 Å². The molecule has 152 valence electrons. The van der Waals surface area contributed by atoms with Crippen molar-refractivity contribution in [3.05, 3.63) is 53.3 Å². The second kappa shape index (κ2) is 11.5. The van der Waals surface area contributed by atoms with Gasteiger partial charge in [-0.25, -0.2) is 9.18 Å². The van der Waals surface area contributed by atoms with Crippen LogP contribution in [0.25, 0.3) is 11.1 Å². The normalized spacial score (nSPS) is 10.7. The van der Waals surface area contributed by atoms with Crippen LogP contribution in [-0.2, 0) is 11.2 Å². The Morgan fingerprint density at radius 1 is 0.893 bits per heavy atom. The van der Waals surface area contributed by atoms with Crippen molar-refractivity contribution in [3.63, 3.8) is 0 Å². The summed E-state index contributed by atoms with van der Waals surface area (Å²) in [7, 11) is 2.79. The summed E-state index contributed by atoms with van der Waals surface area (Å²) in [6.07, 6.45) is 9.04. The monoisotopic (exact) mass is 386 g/mol. The van der Waals surface area contributed by atoms with Crippen LogP contribution in [0, 0.1) is 5.82 Å². The Balaban J connectivity index is 2.15. The summed E-state index contributed by atoms with van der Waals surface area (Å²) in [6, 6.07) is 10.7. The summed E-state index contributed by atoms with van der Waals surface area (Å²) >= 11 is 0. The van der Waals surface area contributed by atoms with E-state index in [2.05, 4.69) is 6.92 Å². The van der Waals surface area contributed by atoms with Gasteiger partial charge in [0, 0.05) is 5.56 Å². The molecule has 0 aromatic heterocycles. The molecule has 0 spiro atoms. The molecule has 2 aromatic carbocycles. The minimum Gasteiger partial charge on any atom is -0.493 e. The van der Waals surface area contributed by atoms with Crippen molar-refractivity contribution >= 4 is 5.97 Å². The lowest BCUT2D eigenvalue weighted by atomic mass is 9.95. The number of aryl methyl sites for hydroxylation is 1. The molecule has 0 radical (unpaired) electrons. The first-order valence-corrected chi connectivity index (χ1v) is 10.2. The van der Waals surface area contributed by atoms with Gasteiger partial charge < -0.3 is 9.47 Å². The van der Waals surface area contributed by atoms with Gasteiger partial charge in [-0.2, -0.15) is 0 Å². The number of carbonyl (C=O) groups excluding carboxylic acids is 1. The molecule has 0 N–H and O–H groups in total. The molecule has 0 saturated carbocycles. The Bertz CT molecular complexity index is 770. The third kappa shape index (κ3) is 5.57. The van der Waals surface area contributed by atoms with Crippen LogP contribution in [0.5, 0.6) is 5.75 Å². The van der Waals surface area contributed by atoms with Crippen molar-refractivity contribution in [2.24, 2.45) is 0 Å². The van der Waals surface area contributed by atoms with Gasteiger partial charge in [-0.05, 0) is 30.0 Å². The second-order valence-corrected chi connectivity index (χ2v) is 7.03. The first-order valence-electron chi connectivity index (χ1n) is 10.2. The number of rotatable bonds is 11. The Kier molecular flexibility index (Phi) is 8.99. The van der Waals surface area contributed by atoms with E-state index in [0.29, 0.717) is 28.7 Å². The maximum absolute atomic E-state index is 15.1. The van der Waals surface area contributed by atoms with Crippen LogP contribution in [-0.4, -0.2) is 20.2 Å². The lowest BCUT2D eigenvalue weighted by molar-refractivity contribution is 0.0601. The minimum absolute atomic E-state index is 0.178. The van der Waals surface area contributed by atoms with Gasteiger partial charge in [-0.3, -0.25) is 0 Å². The van der Waals surface area contributed by atoms with Crippen LogP contribution in [0.4, 0.5) is 4.39 Å². The molecule has 0 saturated heterocycles. The highest BCUT2D eigenvalue weighted by Gasteiger charge is 2.20. The fraction of sp³-hybridized carbons (Fsp3) is 0.458. The molecule has 28 heavy (non-hydrogen) atoms. The zero-order chi connectivity index (χ0) is 20.4. The van der Waals surface area contributed by atoms with Crippen LogP contribution in [0.2, 0.25) is 0 Å². The summed E-state index contributed by atoms with van der Waals surface area (Å²) in [5, 5.41) is 0. The molecule has 2 aromatic rings. The number of ether oxygens (including phenoxy) is 2. The lowest BCUT2D eigenvalue weighted by Gasteiger charge is -2.15. The van der Waals surface area contributed by atoms with Gasteiger partial charge in [0.25, 0.3) is 0 Å². The highest BCUT2D eigenvalue weighted by molar-refractivity contribution is 5.98. The number of unbranched alkanes of at least 4 members (excludes halogenated alkanes) is 6. The predicted octanol–water partition coefficient (Wildman–Crippen LogP) is 6.58. The van der Waals surface area contributed by atoms with E-state index in [-0.39, 0.29) is 11.6 Å². The van der Waals surface area contributed by atoms with E-state index in [4.69, 9.17) is 9.47 Å². The molecule has 0 bridgehead atoms. The van der Waals surface area contributed by atoms with Crippen molar-refractivity contribution in [1.82, 2.24) is 0 Å². The van der Waals surface area contributed by atoms with Gasteiger partial charge in [0.2, 0.25) is 0 Å². The van der Waals surface area contributed by atoms with Gasteiger partial charge in [0.1, 0.15) is 0 Å². The Hall–Kier alpha value is -2.36. The third-order valence-electron chi connectivity index (χ3n) is 5.05. The fourth-order valence-corrected chi connectivity index (χ4v) is 3.48. The molecule has 0 atom stereocenters. The number of hydrogen-bond acceptors (Lipinski definition) is 3. The largest absolute Gasteiger partial charge is 0.493 e. The van der Waals surface area contributed by atoms with Crippen molar-refractivity contribution in [2.75, 3.05) is 14.2 Å². The van der Waals surface area contributed by atoms with Gasteiger partial charge in [0.05, 0.1) is 19.8 Å². The first-order chi connectivity index (χ1) is 13.6. The van der Waals surface area contributed by atoms with Crippen LogP contribution >= 0.6 is 0 Å². The van der Waals surface area contributed by atoms with Crippen molar-refractivity contribution in [1.29, 1.82) is 0 Å². The van der Waals surface area contributed by atoms with Crippen molar-refractivity contribution in [2.45, 2.75) is 58.3 Å². The average Bonchev–Trinajstić information content (AvgIpc) is 2.73. The molecule has 0 unspecified atom stereocenters. The summed E-state index contributed by atoms with van der Waals surface area (Å²) < 4.78 is 25.3. The number of benzene rings is 2. The molecule has 0 aliphatic heterocycles. The highest BCUT2D eigenvalue weighted by Crippen LogP contribution is 2.36. The van der Waals surface area contributed by atoms with E-state index < -0.39 is 5.97 Å². The maximum atomic E-state index is 15.1. The second-order valence-electron chi connectivity index (χ2n) is 7.03. The lowest BCUT2D eigenvalue weighted by Crippen LogP contribution is -2.05. The molecule has 0 aliphatic carbocycles. The number of hydrogen-bond donors (Lipinski definition) is 0. The van der Waals surface area contributed by atoms with Crippen LogP contribution < -0.4 is 4.74 Å². The van der Waals surface area contributed by atoms with Crippen molar-refractivity contribution < 1.29 is 18.7 Å². The van der Waals surface area contributed by atoms with Gasteiger partial charge >= 0.3 is 5.97 Å². The highest BCUT2D eigenvalue weighted by atomic mass is 19.1. The molecule has 2 rings (SSSR count). The zero-order valence-corrected chi connectivity index (χ0v) is 17.2. The summed E-state index contributed by atoms with van der Waals surface area (Å²) in [6.45, 7) is 2.21.